The van der Waals surface area contributed by atoms with Crippen molar-refractivity contribution in [3.63, 3.8) is 0 Å². The summed E-state index contributed by atoms with van der Waals surface area (Å²) in [4.78, 5) is 5.99. The summed E-state index contributed by atoms with van der Waals surface area (Å²) in [7, 11) is 0. The van der Waals surface area contributed by atoms with Gasteiger partial charge in [-0.3, -0.25) is 0 Å². The van der Waals surface area contributed by atoms with E-state index in [-0.39, 0.29) is 5.38 Å². The lowest BCUT2D eigenvalue weighted by Crippen LogP contribution is -2.09. The van der Waals surface area contributed by atoms with Crippen LogP contribution in [0.15, 0.2) is 15.9 Å². The van der Waals surface area contributed by atoms with Crippen molar-refractivity contribution in [1.29, 1.82) is 0 Å². The average molecular weight is 388 g/mol. The van der Waals surface area contributed by atoms with Crippen LogP contribution in [0.3, 0.4) is 0 Å². The van der Waals surface area contributed by atoms with Crippen LogP contribution in [0.25, 0.3) is 11.2 Å². The zero-order chi connectivity index (χ0) is 15.1. The number of aromatic nitrogens is 4. The predicted molar refractivity (Wildman–Crippen MR) is 91.3 cm³/mol. The molecule has 0 spiro atoms. The topological polar surface area (TPSA) is 35.6 Å². The summed E-state index contributed by atoms with van der Waals surface area (Å²) in [6, 6.07) is 2.14. The van der Waals surface area contributed by atoms with E-state index in [1.165, 1.54) is 4.88 Å². The number of hydrogen-bond donors (Lipinski definition) is 0. The van der Waals surface area contributed by atoms with Crippen LogP contribution < -0.4 is 0 Å². The molecule has 4 nitrogen and oxygen atoms in total. The van der Waals surface area contributed by atoms with Crippen LogP contribution in [0, 0.1) is 6.92 Å². The number of hydrogen-bond acceptors (Lipinski definition) is 3. The summed E-state index contributed by atoms with van der Waals surface area (Å²) in [6.07, 6.45) is 0. The van der Waals surface area contributed by atoms with E-state index in [1.54, 1.807) is 11.3 Å². The molecule has 0 aromatic carbocycles. The second-order valence-electron chi connectivity index (χ2n) is 4.98. The molecule has 0 aliphatic carbocycles. The number of thiophene rings is 1. The fraction of sp³-hybridized carbons (Fsp3) is 0.429. The highest BCUT2D eigenvalue weighted by atomic mass is 79.9. The number of imidazole rings is 1. The first-order valence-corrected chi connectivity index (χ1v) is 8.92. The van der Waals surface area contributed by atoms with E-state index in [2.05, 4.69) is 44.0 Å². The smallest absolute Gasteiger partial charge is 0.159 e. The fourth-order valence-corrected chi connectivity index (χ4v) is 4.12. The number of fused-ring (bicyclic) bond motifs is 1. The highest BCUT2D eigenvalue weighted by molar-refractivity contribution is 9.10. The van der Waals surface area contributed by atoms with E-state index in [4.69, 9.17) is 16.6 Å². The van der Waals surface area contributed by atoms with Crippen LogP contribution in [0.5, 0.6) is 0 Å². The zero-order valence-electron chi connectivity index (χ0n) is 12.1. The molecule has 0 saturated heterocycles. The summed E-state index contributed by atoms with van der Waals surface area (Å²) in [5.74, 6) is 0.902. The molecule has 1 unspecified atom stereocenters. The molecule has 0 bridgehead atoms. The van der Waals surface area contributed by atoms with Gasteiger partial charge in [-0.05, 0) is 42.8 Å². The maximum atomic E-state index is 6.34. The lowest BCUT2D eigenvalue weighted by atomic mass is 10.4. The highest BCUT2D eigenvalue weighted by Gasteiger charge is 2.21. The Balaban J connectivity index is 2.19. The first kappa shape index (κ1) is 15.1. The van der Waals surface area contributed by atoms with E-state index < -0.39 is 0 Å². The Hall–Kier alpha value is -0.850. The Kier molecular flexibility index (Phi) is 4.12. The number of rotatable bonds is 4. The lowest BCUT2D eigenvalue weighted by molar-refractivity contribution is 0.635. The van der Waals surface area contributed by atoms with Crippen LogP contribution in [0.4, 0.5) is 0 Å². The predicted octanol–water partition coefficient (Wildman–Crippen LogP) is 4.73. The van der Waals surface area contributed by atoms with Gasteiger partial charge in [0.25, 0.3) is 0 Å². The van der Waals surface area contributed by atoms with Crippen LogP contribution in [-0.4, -0.2) is 19.3 Å². The molecular weight excluding hydrogens is 372 g/mol. The molecule has 3 aromatic rings. The van der Waals surface area contributed by atoms with E-state index in [0.717, 1.165) is 40.2 Å². The van der Waals surface area contributed by atoms with Crippen molar-refractivity contribution in [2.45, 2.75) is 39.2 Å². The van der Waals surface area contributed by atoms with Gasteiger partial charge in [-0.15, -0.1) is 22.9 Å². The van der Waals surface area contributed by atoms with Crippen LogP contribution in [0.2, 0.25) is 0 Å². The molecule has 1 atom stereocenters. The highest BCUT2D eigenvalue weighted by Crippen LogP contribution is 2.29. The molecular formula is C14H16BrClN4S. The Labute approximate surface area is 140 Å². The molecule has 0 radical (unpaired) electrons. The molecule has 3 aromatic heterocycles. The van der Waals surface area contributed by atoms with Crippen LogP contribution in [-0.2, 0) is 13.1 Å². The number of nitrogens with zero attached hydrogens (tertiary/aromatic N) is 4. The Morgan fingerprint density at radius 2 is 2.24 bits per heavy atom. The van der Waals surface area contributed by atoms with E-state index in [9.17, 15) is 0 Å². The van der Waals surface area contributed by atoms with Gasteiger partial charge in [0.1, 0.15) is 11.3 Å². The molecule has 0 fully saturated rings. The number of aryl methyl sites for hydroxylation is 2. The summed E-state index contributed by atoms with van der Waals surface area (Å²) < 4.78 is 5.30. The average Bonchev–Trinajstić information content (AvgIpc) is 3.08. The molecule has 0 saturated carbocycles. The third kappa shape index (κ3) is 2.64. The minimum atomic E-state index is -0.134. The van der Waals surface area contributed by atoms with E-state index >= 15 is 0 Å². The van der Waals surface area contributed by atoms with Crippen molar-refractivity contribution in [3.05, 3.63) is 32.3 Å². The molecule has 0 amide bonds. The molecule has 0 aliphatic rings. The Bertz CT molecular complexity index is 786. The normalized spacial score (nSPS) is 13.2. The maximum Gasteiger partial charge on any atom is 0.159 e. The van der Waals surface area contributed by atoms with E-state index in [1.807, 2.05) is 18.5 Å². The van der Waals surface area contributed by atoms with Gasteiger partial charge in [0, 0.05) is 21.3 Å². The van der Waals surface area contributed by atoms with Crippen molar-refractivity contribution in [1.82, 2.24) is 19.3 Å². The van der Waals surface area contributed by atoms with Gasteiger partial charge in [0.05, 0.1) is 17.6 Å². The monoisotopic (exact) mass is 386 g/mol. The standard InChI is InChI=1S/C14H16BrClN4S/c1-4-20-14-12(9(3)18-20)17-13(8(2)16)19(14)6-11-5-10(15)7-21-11/h5,7-8H,4,6H2,1-3H3. The third-order valence-electron chi connectivity index (χ3n) is 3.42. The minimum Gasteiger partial charge on any atom is -0.306 e. The molecule has 0 N–H and O–H groups in total. The summed E-state index contributed by atoms with van der Waals surface area (Å²) in [6.45, 7) is 7.64. The molecule has 21 heavy (non-hydrogen) atoms. The van der Waals surface area contributed by atoms with Crippen LogP contribution >= 0.6 is 38.9 Å². The van der Waals surface area contributed by atoms with Gasteiger partial charge in [-0.25, -0.2) is 9.67 Å². The van der Waals surface area contributed by atoms with Gasteiger partial charge >= 0.3 is 0 Å². The fourth-order valence-electron chi connectivity index (χ4n) is 2.51. The molecule has 112 valence electrons. The van der Waals surface area contributed by atoms with Gasteiger partial charge in [0.2, 0.25) is 0 Å². The van der Waals surface area contributed by atoms with E-state index in [0.29, 0.717) is 0 Å². The molecule has 3 heterocycles. The molecule has 3 rings (SSSR count). The third-order valence-corrected chi connectivity index (χ3v) is 5.30. The van der Waals surface area contributed by atoms with Crippen LogP contribution in [0.1, 0.15) is 35.6 Å². The van der Waals surface area contributed by atoms with Gasteiger partial charge in [0.15, 0.2) is 5.65 Å². The maximum absolute atomic E-state index is 6.34. The largest absolute Gasteiger partial charge is 0.306 e. The quantitative estimate of drug-likeness (QED) is 0.606. The second kappa shape index (κ2) is 5.74. The summed E-state index contributed by atoms with van der Waals surface area (Å²) in [5, 5.41) is 6.52. The Morgan fingerprint density at radius 3 is 2.81 bits per heavy atom. The van der Waals surface area contributed by atoms with Gasteiger partial charge < -0.3 is 4.57 Å². The van der Waals surface area contributed by atoms with Gasteiger partial charge in [-0.1, -0.05) is 0 Å². The lowest BCUT2D eigenvalue weighted by Gasteiger charge is -2.10. The Morgan fingerprint density at radius 1 is 1.48 bits per heavy atom. The van der Waals surface area contributed by atoms with Crippen molar-refractivity contribution in [2.75, 3.05) is 0 Å². The van der Waals surface area contributed by atoms with Crippen molar-refractivity contribution in [2.24, 2.45) is 0 Å². The van der Waals surface area contributed by atoms with Gasteiger partial charge in [-0.2, -0.15) is 5.10 Å². The SMILES string of the molecule is CCn1nc(C)c2nc(C(C)Cl)n(Cc3cc(Br)cs3)c21. The summed E-state index contributed by atoms with van der Waals surface area (Å²) >= 11 is 11.6. The first-order valence-electron chi connectivity index (χ1n) is 6.81. The summed E-state index contributed by atoms with van der Waals surface area (Å²) in [5.41, 5.74) is 2.97. The minimum absolute atomic E-state index is 0.134. The number of halogens is 2. The van der Waals surface area contributed by atoms with Crippen molar-refractivity contribution < 1.29 is 0 Å². The molecule has 7 heteroatoms. The van der Waals surface area contributed by atoms with Crippen molar-refractivity contribution >= 4 is 50.0 Å². The number of alkyl halides is 1. The first-order chi connectivity index (χ1) is 10.0. The zero-order valence-corrected chi connectivity index (χ0v) is 15.3. The molecule has 0 aliphatic heterocycles. The van der Waals surface area contributed by atoms with Crippen molar-refractivity contribution in [3.8, 4) is 0 Å². The second-order valence-corrected chi connectivity index (χ2v) is 7.54.